The Bertz CT molecular complexity index is 900. The number of carbonyl (C=O) groups is 2. The van der Waals surface area contributed by atoms with Gasteiger partial charge in [0.1, 0.15) is 5.75 Å². The molecule has 7 heteroatoms. The first-order chi connectivity index (χ1) is 14.2. The predicted molar refractivity (Wildman–Crippen MR) is 117 cm³/mol. The maximum absolute atomic E-state index is 12.6. The van der Waals surface area contributed by atoms with Crippen molar-refractivity contribution in [1.82, 2.24) is 4.90 Å². The van der Waals surface area contributed by atoms with Crippen LogP contribution in [0.4, 0.5) is 5.69 Å². The number of anilines is 1. The van der Waals surface area contributed by atoms with Gasteiger partial charge < -0.3 is 19.7 Å². The van der Waals surface area contributed by atoms with Crippen LogP contribution in [-0.2, 0) is 14.9 Å². The summed E-state index contributed by atoms with van der Waals surface area (Å²) in [6.45, 7) is 8.39. The number of hydrogen-bond acceptors (Lipinski definition) is 4. The highest BCUT2D eigenvalue weighted by molar-refractivity contribution is 6.33. The van der Waals surface area contributed by atoms with Crippen molar-refractivity contribution >= 4 is 29.1 Å². The van der Waals surface area contributed by atoms with Gasteiger partial charge in [-0.15, -0.1) is 0 Å². The van der Waals surface area contributed by atoms with Crippen molar-refractivity contribution in [2.24, 2.45) is 0 Å². The smallest absolute Gasteiger partial charge is 0.262 e. The summed E-state index contributed by atoms with van der Waals surface area (Å²) in [6.07, 6.45) is 0. The zero-order chi connectivity index (χ0) is 21.7. The van der Waals surface area contributed by atoms with E-state index in [1.807, 2.05) is 24.3 Å². The molecule has 2 aromatic carbocycles. The normalized spacial score (nSPS) is 14.3. The molecule has 0 aliphatic carbocycles. The molecule has 30 heavy (non-hydrogen) atoms. The molecule has 2 amide bonds. The lowest BCUT2D eigenvalue weighted by Crippen LogP contribution is -2.40. The summed E-state index contributed by atoms with van der Waals surface area (Å²) < 4.78 is 10.9. The Morgan fingerprint density at radius 2 is 1.77 bits per heavy atom. The number of nitrogens with zero attached hydrogens (tertiary/aromatic N) is 1. The second-order valence-corrected chi connectivity index (χ2v) is 8.62. The molecule has 0 bridgehead atoms. The molecule has 0 radical (unpaired) electrons. The minimum atomic E-state index is -0.354. The highest BCUT2D eigenvalue weighted by atomic mass is 35.5. The van der Waals surface area contributed by atoms with E-state index in [1.165, 1.54) is 5.56 Å². The zero-order valence-corrected chi connectivity index (χ0v) is 18.3. The first-order valence-corrected chi connectivity index (χ1v) is 10.3. The van der Waals surface area contributed by atoms with Gasteiger partial charge in [0.2, 0.25) is 0 Å². The van der Waals surface area contributed by atoms with Crippen molar-refractivity contribution in [2.45, 2.75) is 26.2 Å². The average molecular weight is 431 g/mol. The van der Waals surface area contributed by atoms with Gasteiger partial charge in [0.25, 0.3) is 11.8 Å². The van der Waals surface area contributed by atoms with E-state index >= 15 is 0 Å². The van der Waals surface area contributed by atoms with Crippen LogP contribution in [0.15, 0.2) is 42.5 Å². The van der Waals surface area contributed by atoms with Crippen LogP contribution in [0.1, 0.15) is 36.7 Å². The van der Waals surface area contributed by atoms with Crippen LogP contribution in [0.3, 0.4) is 0 Å². The summed E-state index contributed by atoms with van der Waals surface area (Å²) in [7, 11) is 0. The number of amides is 2. The number of benzene rings is 2. The van der Waals surface area contributed by atoms with E-state index in [0.29, 0.717) is 48.3 Å². The third kappa shape index (κ3) is 5.74. The molecule has 1 saturated heterocycles. The van der Waals surface area contributed by atoms with E-state index in [2.05, 4.69) is 26.1 Å². The quantitative estimate of drug-likeness (QED) is 0.774. The van der Waals surface area contributed by atoms with Gasteiger partial charge in [-0.1, -0.05) is 44.5 Å². The van der Waals surface area contributed by atoms with Gasteiger partial charge in [-0.2, -0.15) is 0 Å². The summed E-state index contributed by atoms with van der Waals surface area (Å²) >= 11 is 6.21. The molecule has 3 rings (SSSR count). The Labute approximate surface area is 182 Å². The molecular formula is C23H27ClN2O4. The van der Waals surface area contributed by atoms with Gasteiger partial charge in [-0.05, 0) is 41.3 Å². The maximum atomic E-state index is 12.6. The number of morpholine rings is 1. The molecular weight excluding hydrogens is 404 g/mol. The monoisotopic (exact) mass is 430 g/mol. The minimum Gasteiger partial charge on any atom is -0.484 e. The number of nitrogens with one attached hydrogen (secondary N) is 1. The maximum Gasteiger partial charge on any atom is 0.262 e. The third-order valence-electron chi connectivity index (χ3n) is 4.88. The lowest BCUT2D eigenvalue weighted by molar-refractivity contribution is -0.118. The minimum absolute atomic E-state index is 0.0519. The number of halogens is 1. The number of rotatable bonds is 5. The molecule has 0 unspecified atom stereocenters. The van der Waals surface area contributed by atoms with Crippen molar-refractivity contribution in [1.29, 1.82) is 0 Å². The van der Waals surface area contributed by atoms with Crippen molar-refractivity contribution in [3.05, 3.63) is 58.6 Å². The van der Waals surface area contributed by atoms with Gasteiger partial charge in [-0.3, -0.25) is 9.59 Å². The third-order valence-corrected chi connectivity index (χ3v) is 5.21. The second-order valence-electron chi connectivity index (χ2n) is 8.21. The fourth-order valence-corrected chi connectivity index (χ4v) is 3.25. The first kappa shape index (κ1) is 22.1. The Balaban J connectivity index is 1.60. The molecule has 6 nitrogen and oxygen atoms in total. The SMILES string of the molecule is CC(C)(C)c1ccc(OCC(=O)Nc2cc(C(=O)N3CCOCC3)ccc2Cl)cc1. The Morgan fingerprint density at radius 3 is 2.40 bits per heavy atom. The molecule has 1 N–H and O–H groups in total. The predicted octanol–water partition coefficient (Wildman–Crippen LogP) is 4.13. The van der Waals surface area contributed by atoms with Gasteiger partial charge in [-0.25, -0.2) is 0 Å². The molecule has 2 aromatic rings. The van der Waals surface area contributed by atoms with Gasteiger partial charge >= 0.3 is 0 Å². The van der Waals surface area contributed by atoms with Crippen molar-refractivity contribution in [2.75, 3.05) is 38.2 Å². The van der Waals surface area contributed by atoms with Crippen LogP contribution in [0.2, 0.25) is 5.02 Å². The van der Waals surface area contributed by atoms with Crippen LogP contribution in [0, 0.1) is 0 Å². The van der Waals surface area contributed by atoms with Crippen LogP contribution >= 0.6 is 11.6 Å². The highest BCUT2D eigenvalue weighted by Gasteiger charge is 2.20. The van der Waals surface area contributed by atoms with E-state index in [4.69, 9.17) is 21.1 Å². The first-order valence-electron chi connectivity index (χ1n) is 9.94. The lowest BCUT2D eigenvalue weighted by atomic mass is 9.87. The van der Waals surface area contributed by atoms with Crippen molar-refractivity contribution in [3.63, 3.8) is 0 Å². The molecule has 0 atom stereocenters. The van der Waals surface area contributed by atoms with Crippen LogP contribution < -0.4 is 10.1 Å². The number of ether oxygens (including phenoxy) is 2. The Morgan fingerprint density at radius 1 is 1.10 bits per heavy atom. The number of hydrogen-bond donors (Lipinski definition) is 1. The Hall–Kier alpha value is -2.57. The van der Waals surface area contributed by atoms with Crippen molar-refractivity contribution < 1.29 is 19.1 Å². The molecule has 1 aliphatic heterocycles. The van der Waals surface area contributed by atoms with E-state index in [1.54, 1.807) is 23.1 Å². The average Bonchev–Trinajstić information content (AvgIpc) is 2.73. The summed E-state index contributed by atoms with van der Waals surface area (Å²) in [5, 5.41) is 3.08. The highest BCUT2D eigenvalue weighted by Crippen LogP contribution is 2.25. The van der Waals surface area contributed by atoms with E-state index in [9.17, 15) is 9.59 Å². The van der Waals surface area contributed by atoms with Crippen LogP contribution in [0.5, 0.6) is 5.75 Å². The Kier molecular flexibility index (Phi) is 7.00. The van der Waals surface area contributed by atoms with Crippen LogP contribution in [-0.4, -0.2) is 49.6 Å². The van der Waals surface area contributed by atoms with Gasteiger partial charge in [0.15, 0.2) is 6.61 Å². The van der Waals surface area contributed by atoms with Crippen molar-refractivity contribution in [3.8, 4) is 5.75 Å². The molecule has 1 heterocycles. The summed E-state index contributed by atoms with van der Waals surface area (Å²) in [5.41, 5.74) is 2.09. The fourth-order valence-electron chi connectivity index (χ4n) is 3.09. The zero-order valence-electron chi connectivity index (χ0n) is 17.5. The van der Waals surface area contributed by atoms with E-state index in [0.717, 1.165) is 0 Å². The van der Waals surface area contributed by atoms with E-state index in [-0.39, 0.29) is 23.8 Å². The molecule has 160 valence electrons. The molecule has 1 aliphatic rings. The standard InChI is InChI=1S/C23H27ClN2O4/c1-23(2,3)17-5-7-18(8-6-17)30-15-21(27)25-20-14-16(4-9-19(20)24)22(28)26-10-12-29-13-11-26/h4-9,14H,10-13,15H2,1-3H3,(H,25,27). The summed E-state index contributed by atoms with van der Waals surface area (Å²) in [4.78, 5) is 26.7. The van der Waals surface area contributed by atoms with Crippen LogP contribution in [0.25, 0.3) is 0 Å². The lowest BCUT2D eigenvalue weighted by Gasteiger charge is -2.27. The van der Waals surface area contributed by atoms with Gasteiger partial charge in [0, 0.05) is 18.7 Å². The number of carbonyl (C=O) groups excluding carboxylic acids is 2. The summed E-state index contributed by atoms with van der Waals surface area (Å²) in [6, 6.07) is 12.5. The second kappa shape index (κ2) is 9.49. The topological polar surface area (TPSA) is 67.9 Å². The van der Waals surface area contributed by atoms with Gasteiger partial charge in [0.05, 0.1) is 23.9 Å². The molecule has 1 fully saturated rings. The molecule has 0 saturated carbocycles. The molecule has 0 aromatic heterocycles. The largest absolute Gasteiger partial charge is 0.484 e. The fraction of sp³-hybridized carbons (Fsp3) is 0.391. The summed E-state index contributed by atoms with van der Waals surface area (Å²) in [5.74, 6) is 0.147. The van der Waals surface area contributed by atoms with E-state index < -0.39 is 0 Å². The molecule has 0 spiro atoms.